The fourth-order valence-electron chi connectivity index (χ4n) is 0.545. The fraction of sp³-hybridized carbons (Fsp3) is 0.571. The zero-order valence-electron chi connectivity index (χ0n) is 6.70. The first-order chi connectivity index (χ1) is 4.57. The second-order valence-electron chi connectivity index (χ2n) is 2.27. The Morgan fingerprint density at radius 2 is 2.20 bits per heavy atom. The first-order valence-electron chi connectivity index (χ1n) is 3.11. The van der Waals surface area contributed by atoms with Crippen molar-refractivity contribution in [2.24, 2.45) is 5.10 Å². The summed E-state index contributed by atoms with van der Waals surface area (Å²) >= 11 is 0. The standard InChI is InChI=1S/C7H14N2O/c1-5-7(10)6(2)8-9(3)4/h5,7,10H,1H2,2-4H3. The van der Waals surface area contributed by atoms with Crippen molar-refractivity contribution in [3.05, 3.63) is 12.7 Å². The van der Waals surface area contributed by atoms with Crippen LogP contribution in [0.4, 0.5) is 0 Å². The van der Waals surface area contributed by atoms with Gasteiger partial charge in [-0.3, -0.25) is 0 Å². The van der Waals surface area contributed by atoms with Gasteiger partial charge in [0.1, 0.15) is 6.10 Å². The molecule has 0 aliphatic rings. The van der Waals surface area contributed by atoms with E-state index in [1.54, 1.807) is 26.0 Å². The van der Waals surface area contributed by atoms with Crippen molar-refractivity contribution in [1.29, 1.82) is 0 Å². The van der Waals surface area contributed by atoms with E-state index < -0.39 is 6.10 Å². The van der Waals surface area contributed by atoms with Crippen molar-refractivity contribution in [3.63, 3.8) is 0 Å². The predicted octanol–water partition coefficient (Wildman–Crippen LogP) is 0.471. The molecule has 0 aliphatic carbocycles. The summed E-state index contributed by atoms with van der Waals surface area (Å²) in [5.74, 6) is 0. The van der Waals surface area contributed by atoms with E-state index in [2.05, 4.69) is 11.7 Å². The maximum atomic E-state index is 9.10. The van der Waals surface area contributed by atoms with E-state index in [1.807, 2.05) is 0 Å². The number of hydrazone groups is 1. The molecule has 10 heavy (non-hydrogen) atoms. The quantitative estimate of drug-likeness (QED) is 0.353. The average Bonchev–Trinajstić information content (AvgIpc) is 1.85. The van der Waals surface area contributed by atoms with Crippen molar-refractivity contribution < 1.29 is 5.11 Å². The highest BCUT2D eigenvalue weighted by Crippen LogP contribution is 1.90. The molecule has 3 nitrogen and oxygen atoms in total. The zero-order chi connectivity index (χ0) is 8.15. The van der Waals surface area contributed by atoms with Gasteiger partial charge in [0, 0.05) is 14.1 Å². The number of hydrogen-bond donors (Lipinski definition) is 1. The molecule has 0 heterocycles. The van der Waals surface area contributed by atoms with Gasteiger partial charge in [-0.1, -0.05) is 6.08 Å². The predicted molar refractivity (Wildman–Crippen MR) is 43.0 cm³/mol. The molecule has 58 valence electrons. The van der Waals surface area contributed by atoms with Crippen LogP contribution >= 0.6 is 0 Å². The Morgan fingerprint density at radius 1 is 1.70 bits per heavy atom. The molecule has 1 N–H and O–H groups in total. The van der Waals surface area contributed by atoms with Gasteiger partial charge in [-0.2, -0.15) is 5.10 Å². The monoisotopic (exact) mass is 142 g/mol. The molecule has 0 spiro atoms. The Bertz CT molecular complexity index is 141. The summed E-state index contributed by atoms with van der Waals surface area (Å²) in [5.41, 5.74) is 0.653. The molecule has 0 aromatic heterocycles. The van der Waals surface area contributed by atoms with Crippen LogP contribution in [0.2, 0.25) is 0 Å². The van der Waals surface area contributed by atoms with Crippen LogP contribution in [0, 0.1) is 0 Å². The highest BCUT2D eigenvalue weighted by Gasteiger charge is 2.01. The topological polar surface area (TPSA) is 35.8 Å². The van der Waals surface area contributed by atoms with E-state index in [9.17, 15) is 0 Å². The van der Waals surface area contributed by atoms with E-state index in [0.717, 1.165) is 0 Å². The Hall–Kier alpha value is -0.830. The van der Waals surface area contributed by atoms with Gasteiger partial charge in [-0.15, -0.1) is 6.58 Å². The number of aliphatic hydroxyl groups excluding tert-OH is 1. The smallest absolute Gasteiger partial charge is 0.111 e. The molecule has 0 aliphatic heterocycles. The molecular formula is C7H14N2O. The lowest BCUT2D eigenvalue weighted by Gasteiger charge is -2.08. The third-order valence-corrected chi connectivity index (χ3v) is 1.01. The van der Waals surface area contributed by atoms with Crippen molar-refractivity contribution in [2.45, 2.75) is 13.0 Å². The summed E-state index contributed by atoms with van der Waals surface area (Å²) in [6.45, 7) is 5.20. The van der Waals surface area contributed by atoms with Crippen molar-refractivity contribution in [1.82, 2.24) is 5.01 Å². The largest absolute Gasteiger partial charge is 0.383 e. The maximum absolute atomic E-state index is 9.10. The number of rotatable bonds is 3. The highest BCUT2D eigenvalue weighted by molar-refractivity contribution is 5.87. The highest BCUT2D eigenvalue weighted by atomic mass is 16.3. The number of aliphatic hydroxyl groups is 1. The van der Waals surface area contributed by atoms with Crippen LogP contribution in [-0.2, 0) is 0 Å². The van der Waals surface area contributed by atoms with E-state index in [0.29, 0.717) is 5.71 Å². The van der Waals surface area contributed by atoms with Crippen LogP contribution in [0.15, 0.2) is 17.8 Å². The van der Waals surface area contributed by atoms with E-state index in [-0.39, 0.29) is 0 Å². The molecule has 0 bridgehead atoms. The van der Waals surface area contributed by atoms with Gasteiger partial charge in [0.2, 0.25) is 0 Å². The number of hydrogen-bond acceptors (Lipinski definition) is 3. The van der Waals surface area contributed by atoms with Crippen molar-refractivity contribution in [3.8, 4) is 0 Å². The second-order valence-corrected chi connectivity index (χ2v) is 2.27. The van der Waals surface area contributed by atoms with Gasteiger partial charge in [-0.05, 0) is 6.92 Å². The third-order valence-electron chi connectivity index (χ3n) is 1.01. The minimum Gasteiger partial charge on any atom is -0.383 e. The van der Waals surface area contributed by atoms with Crippen LogP contribution in [0.5, 0.6) is 0 Å². The molecule has 0 aromatic carbocycles. The zero-order valence-corrected chi connectivity index (χ0v) is 6.70. The molecule has 0 saturated carbocycles. The Morgan fingerprint density at radius 3 is 2.50 bits per heavy atom. The minimum absolute atomic E-state index is 0.623. The summed E-state index contributed by atoms with van der Waals surface area (Å²) in [7, 11) is 3.61. The molecule has 3 heteroatoms. The molecule has 0 rings (SSSR count). The first-order valence-corrected chi connectivity index (χ1v) is 3.11. The van der Waals surface area contributed by atoms with Gasteiger partial charge in [0.15, 0.2) is 0 Å². The SMILES string of the molecule is C=CC(O)C(C)=NN(C)C. The van der Waals surface area contributed by atoms with Crippen LogP contribution < -0.4 is 0 Å². The summed E-state index contributed by atoms with van der Waals surface area (Å²) in [5, 5.41) is 14.7. The molecule has 0 aromatic rings. The fourth-order valence-corrected chi connectivity index (χ4v) is 0.545. The first kappa shape index (κ1) is 9.17. The van der Waals surface area contributed by atoms with Gasteiger partial charge >= 0.3 is 0 Å². The summed E-state index contributed by atoms with van der Waals surface area (Å²) < 4.78 is 0. The minimum atomic E-state index is -0.623. The van der Waals surface area contributed by atoms with Crippen LogP contribution in [0.25, 0.3) is 0 Å². The Balaban J connectivity index is 4.04. The molecule has 0 radical (unpaired) electrons. The maximum Gasteiger partial charge on any atom is 0.111 e. The molecule has 1 atom stereocenters. The van der Waals surface area contributed by atoms with Gasteiger partial charge in [-0.25, -0.2) is 0 Å². The second kappa shape index (κ2) is 4.06. The van der Waals surface area contributed by atoms with Gasteiger partial charge in [0.05, 0.1) is 5.71 Å². The summed E-state index contributed by atoms with van der Waals surface area (Å²) in [4.78, 5) is 0. The van der Waals surface area contributed by atoms with E-state index in [4.69, 9.17) is 5.11 Å². The molecular weight excluding hydrogens is 128 g/mol. The van der Waals surface area contributed by atoms with Crippen LogP contribution in [0.3, 0.4) is 0 Å². The lowest BCUT2D eigenvalue weighted by molar-refractivity contribution is 0.283. The Labute approximate surface area is 61.7 Å². The van der Waals surface area contributed by atoms with Crippen molar-refractivity contribution >= 4 is 5.71 Å². The van der Waals surface area contributed by atoms with Gasteiger partial charge in [0.25, 0.3) is 0 Å². The Kier molecular flexibility index (Phi) is 3.72. The van der Waals surface area contributed by atoms with E-state index in [1.165, 1.54) is 6.08 Å². The molecule has 0 saturated heterocycles. The lowest BCUT2D eigenvalue weighted by atomic mass is 10.2. The molecule has 0 amide bonds. The number of nitrogens with zero attached hydrogens (tertiary/aromatic N) is 2. The lowest BCUT2D eigenvalue weighted by Crippen LogP contribution is -2.17. The summed E-state index contributed by atoms with van der Waals surface area (Å²) in [6.07, 6.45) is 0.824. The van der Waals surface area contributed by atoms with E-state index >= 15 is 0 Å². The average molecular weight is 142 g/mol. The normalized spacial score (nSPS) is 14.6. The van der Waals surface area contributed by atoms with Crippen molar-refractivity contribution in [2.75, 3.05) is 14.1 Å². The third kappa shape index (κ3) is 3.25. The molecule has 1 unspecified atom stereocenters. The summed E-state index contributed by atoms with van der Waals surface area (Å²) in [6, 6.07) is 0. The van der Waals surface area contributed by atoms with Crippen LogP contribution in [-0.4, -0.2) is 36.0 Å². The van der Waals surface area contributed by atoms with Crippen LogP contribution in [0.1, 0.15) is 6.92 Å². The van der Waals surface area contributed by atoms with Gasteiger partial charge < -0.3 is 10.1 Å². The molecule has 0 fully saturated rings.